The number of carbonyl (C=O) groups is 1. The van der Waals surface area contributed by atoms with E-state index in [1.165, 1.54) is 5.56 Å². The molecule has 1 saturated heterocycles. The molecule has 7 heteroatoms. The molecule has 0 atom stereocenters. The van der Waals surface area contributed by atoms with E-state index in [1.54, 1.807) is 0 Å². The second-order valence-corrected chi connectivity index (χ2v) is 6.95. The Balaban J connectivity index is 0.00000264. The molecule has 1 fully saturated rings. The van der Waals surface area contributed by atoms with Gasteiger partial charge in [-0.2, -0.15) is 0 Å². The maximum absolute atomic E-state index is 12.2. The van der Waals surface area contributed by atoms with Gasteiger partial charge in [0.2, 0.25) is 0 Å². The molecule has 1 amide bonds. The molecule has 1 aliphatic heterocycles. The maximum atomic E-state index is 12.2. The first kappa shape index (κ1) is 23.1. The Morgan fingerprint density at radius 3 is 2.42 bits per heavy atom. The van der Waals surface area contributed by atoms with Crippen molar-refractivity contribution in [2.75, 3.05) is 39.8 Å². The van der Waals surface area contributed by atoms with E-state index >= 15 is 0 Å². The van der Waals surface area contributed by atoms with Gasteiger partial charge in [0.05, 0.1) is 0 Å². The number of amides is 1. The number of benzene rings is 1. The highest BCUT2D eigenvalue weighted by atomic mass is 35.5. The molecule has 1 heterocycles. The molecule has 1 aliphatic rings. The van der Waals surface area contributed by atoms with Crippen LogP contribution in [0.25, 0.3) is 0 Å². The third-order valence-electron chi connectivity index (χ3n) is 3.90. The summed E-state index contributed by atoms with van der Waals surface area (Å²) >= 11 is 0. The van der Waals surface area contributed by atoms with Gasteiger partial charge < -0.3 is 16.0 Å². The number of likely N-dealkylation sites (N-methyl/N-ethyl adjacent to an activating group) is 1. The van der Waals surface area contributed by atoms with Crippen LogP contribution in [0.1, 0.15) is 29.8 Å². The molecular weight excluding hydrogens is 347 g/mol. The average Bonchev–Trinajstić information content (AvgIpc) is 2.47. The lowest BCUT2D eigenvalue weighted by molar-refractivity contribution is 0.0945. The normalized spacial score (nSPS) is 16.0. The predicted molar refractivity (Wildman–Crippen MR) is 104 cm³/mol. The number of hydrogen-bond donors (Lipinski definition) is 2. The SMILES string of the molecule is CN1CCN(Cc2cccc(C(=O)NCC(C)(C)N)c2)CC1.Cl.Cl. The van der Waals surface area contributed by atoms with Crippen molar-refractivity contribution in [2.24, 2.45) is 5.73 Å². The van der Waals surface area contributed by atoms with Crippen molar-refractivity contribution in [3.63, 3.8) is 0 Å². The average molecular weight is 377 g/mol. The molecule has 0 saturated carbocycles. The molecular formula is C17H30Cl2N4O. The third-order valence-corrected chi connectivity index (χ3v) is 3.90. The minimum absolute atomic E-state index is 0. The van der Waals surface area contributed by atoms with Crippen molar-refractivity contribution in [1.82, 2.24) is 15.1 Å². The van der Waals surface area contributed by atoms with Crippen molar-refractivity contribution in [3.8, 4) is 0 Å². The Morgan fingerprint density at radius 2 is 1.83 bits per heavy atom. The molecule has 1 aromatic rings. The van der Waals surface area contributed by atoms with E-state index in [-0.39, 0.29) is 30.7 Å². The third kappa shape index (κ3) is 7.81. The van der Waals surface area contributed by atoms with Crippen LogP contribution >= 0.6 is 24.8 Å². The topological polar surface area (TPSA) is 61.6 Å². The molecule has 0 spiro atoms. The smallest absolute Gasteiger partial charge is 0.251 e. The highest BCUT2D eigenvalue weighted by molar-refractivity contribution is 5.94. The highest BCUT2D eigenvalue weighted by Crippen LogP contribution is 2.10. The number of piperazine rings is 1. The van der Waals surface area contributed by atoms with Crippen LogP contribution in [-0.2, 0) is 6.54 Å². The molecule has 24 heavy (non-hydrogen) atoms. The second-order valence-electron chi connectivity index (χ2n) is 6.95. The number of nitrogens with two attached hydrogens (primary N) is 1. The van der Waals surface area contributed by atoms with Crippen LogP contribution in [0.5, 0.6) is 0 Å². The number of nitrogens with zero attached hydrogens (tertiary/aromatic N) is 2. The monoisotopic (exact) mass is 376 g/mol. The Hall–Kier alpha value is -0.850. The lowest BCUT2D eigenvalue weighted by atomic mass is 10.1. The van der Waals surface area contributed by atoms with E-state index in [4.69, 9.17) is 5.73 Å². The maximum Gasteiger partial charge on any atom is 0.251 e. The molecule has 3 N–H and O–H groups in total. The van der Waals surface area contributed by atoms with Gasteiger partial charge in [-0.25, -0.2) is 0 Å². The van der Waals surface area contributed by atoms with E-state index in [9.17, 15) is 4.79 Å². The van der Waals surface area contributed by atoms with Gasteiger partial charge in [0, 0.05) is 50.4 Å². The summed E-state index contributed by atoms with van der Waals surface area (Å²) in [6.07, 6.45) is 0. The molecule has 1 aromatic carbocycles. The van der Waals surface area contributed by atoms with E-state index in [2.05, 4.69) is 28.2 Å². The Bertz CT molecular complexity index is 512. The van der Waals surface area contributed by atoms with Crippen LogP contribution < -0.4 is 11.1 Å². The zero-order valence-corrected chi connectivity index (χ0v) is 16.4. The van der Waals surface area contributed by atoms with Gasteiger partial charge in [-0.05, 0) is 38.6 Å². The Morgan fingerprint density at radius 1 is 1.21 bits per heavy atom. The van der Waals surface area contributed by atoms with Crippen molar-refractivity contribution in [1.29, 1.82) is 0 Å². The summed E-state index contributed by atoms with van der Waals surface area (Å²) in [5.74, 6) is -0.0567. The van der Waals surface area contributed by atoms with Crippen molar-refractivity contribution < 1.29 is 4.79 Å². The summed E-state index contributed by atoms with van der Waals surface area (Å²) in [7, 11) is 2.15. The molecule has 0 radical (unpaired) electrons. The van der Waals surface area contributed by atoms with Gasteiger partial charge in [0.25, 0.3) is 5.91 Å². The summed E-state index contributed by atoms with van der Waals surface area (Å²) in [6.45, 7) is 9.53. The number of nitrogens with one attached hydrogen (secondary N) is 1. The summed E-state index contributed by atoms with van der Waals surface area (Å²) in [4.78, 5) is 17.0. The minimum Gasteiger partial charge on any atom is -0.350 e. The molecule has 0 aromatic heterocycles. The van der Waals surface area contributed by atoms with Gasteiger partial charge >= 0.3 is 0 Å². The van der Waals surface area contributed by atoms with Crippen LogP contribution in [0.15, 0.2) is 24.3 Å². The largest absolute Gasteiger partial charge is 0.350 e. The standard InChI is InChI=1S/C17H28N4O.2ClH/c1-17(2,18)13-19-16(22)15-6-4-5-14(11-15)12-21-9-7-20(3)8-10-21;;/h4-6,11H,7-10,12-13,18H2,1-3H3,(H,19,22);2*1H. The molecule has 138 valence electrons. The van der Waals surface area contributed by atoms with Crippen molar-refractivity contribution in [3.05, 3.63) is 35.4 Å². The van der Waals surface area contributed by atoms with Crippen LogP contribution in [0, 0.1) is 0 Å². The van der Waals surface area contributed by atoms with Crippen LogP contribution in [0.3, 0.4) is 0 Å². The van der Waals surface area contributed by atoms with Gasteiger partial charge in [-0.15, -0.1) is 24.8 Å². The number of rotatable bonds is 5. The lowest BCUT2D eigenvalue weighted by Gasteiger charge is -2.32. The fraction of sp³-hybridized carbons (Fsp3) is 0.588. The number of hydrogen-bond acceptors (Lipinski definition) is 4. The summed E-state index contributed by atoms with van der Waals surface area (Å²) in [6, 6.07) is 7.87. The van der Waals surface area contributed by atoms with Crippen molar-refractivity contribution in [2.45, 2.75) is 25.9 Å². The number of halogens is 2. The first-order chi connectivity index (χ1) is 10.3. The van der Waals surface area contributed by atoms with E-state index in [0.29, 0.717) is 12.1 Å². The summed E-state index contributed by atoms with van der Waals surface area (Å²) < 4.78 is 0. The van der Waals surface area contributed by atoms with Crippen molar-refractivity contribution >= 4 is 30.7 Å². The summed E-state index contributed by atoms with van der Waals surface area (Å²) in [5.41, 5.74) is 7.39. The first-order valence-corrected chi connectivity index (χ1v) is 7.90. The van der Waals surface area contributed by atoms with Crippen LogP contribution in [0.4, 0.5) is 0 Å². The van der Waals surface area contributed by atoms with Gasteiger partial charge in [0.1, 0.15) is 0 Å². The van der Waals surface area contributed by atoms with Gasteiger partial charge in [-0.1, -0.05) is 12.1 Å². The fourth-order valence-electron chi connectivity index (χ4n) is 2.49. The van der Waals surface area contributed by atoms with Gasteiger partial charge in [0.15, 0.2) is 0 Å². The van der Waals surface area contributed by atoms with E-state index in [1.807, 2.05) is 32.0 Å². The molecule has 0 bridgehead atoms. The lowest BCUT2D eigenvalue weighted by Crippen LogP contribution is -2.45. The minimum atomic E-state index is -0.396. The van der Waals surface area contributed by atoms with E-state index in [0.717, 1.165) is 32.7 Å². The highest BCUT2D eigenvalue weighted by Gasteiger charge is 2.16. The summed E-state index contributed by atoms with van der Waals surface area (Å²) in [5, 5.41) is 2.89. The predicted octanol–water partition coefficient (Wildman–Crippen LogP) is 1.74. The van der Waals surface area contributed by atoms with E-state index < -0.39 is 5.54 Å². The first-order valence-electron chi connectivity index (χ1n) is 7.90. The zero-order valence-electron chi connectivity index (χ0n) is 14.7. The Kier molecular flexibility index (Phi) is 9.85. The van der Waals surface area contributed by atoms with Crippen LogP contribution in [0.2, 0.25) is 0 Å². The molecule has 0 aliphatic carbocycles. The van der Waals surface area contributed by atoms with Gasteiger partial charge in [-0.3, -0.25) is 9.69 Å². The molecule has 5 nitrogen and oxygen atoms in total. The molecule has 0 unspecified atom stereocenters. The van der Waals surface area contributed by atoms with Crippen LogP contribution in [-0.4, -0.2) is 61.0 Å². The quantitative estimate of drug-likeness (QED) is 0.821. The fourth-order valence-corrected chi connectivity index (χ4v) is 2.49. The number of carbonyl (C=O) groups excluding carboxylic acids is 1. The second kappa shape index (κ2) is 10.2. The zero-order chi connectivity index (χ0) is 16.2. The molecule has 2 rings (SSSR count). The Labute approximate surface area is 157 Å².